The number of anilines is 1. The van der Waals surface area contributed by atoms with Crippen molar-refractivity contribution in [2.45, 2.75) is 20.4 Å². The van der Waals surface area contributed by atoms with Crippen molar-refractivity contribution in [2.24, 2.45) is 7.05 Å². The van der Waals surface area contributed by atoms with Gasteiger partial charge in [0.15, 0.2) is 11.5 Å². The fraction of sp³-hybridized carbons (Fsp3) is 0.286. The molecule has 0 unspecified atom stereocenters. The maximum absolute atomic E-state index is 12.3. The highest BCUT2D eigenvalue weighted by Crippen LogP contribution is 2.28. The molecular weight excluding hydrogens is 370 g/mol. The van der Waals surface area contributed by atoms with E-state index in [2.05, 4.69) is 15.5 Å². The highest BCUT2D eigenvalue weighted by Gasteiger charge is 2.14. The molecule has 8 nitrogen and oxygen atoms in total. The topological polar surface area (TPSA) is 83.2 Å². The zero-order chi connectivity index (χ0) is 21.0. The van der Waals surface area contributed by atoms with Gasteiger partial charge in [-0.3, -0.25) is 14.2 Å². The molecule has 0 fully saturated rings. The number of aryl methyl sites for hydroxylation is 2. The largest absolute Gasteiger partial charge is 0.493 e. The van der Waals surface area contributed by atoms with Crippen LogP contribution in [-0.2, 0) is 18.4 Å². The minimum atomic E-state index is -0.217. The van der Waals surface area contributed by atoms with Crippen LogP contribution in [0.25, 0.3) is 6.08 Å². The molecule has 2 heterocycles. The Bertz CT molecular complexity index is 1050. The molecule has 1 amide bonds. The standard InChI is InChI=1S/C21H25N5O3/c1-14-21(23-20(27)9-7-17-11-22-25(3)12-17)15(2)26(24-14)13-16-6-8-18(28-4)19(10-16)29-5/h6-12H,13H2,1-5H3,(H,23,27)/b9-7+. The molecule has 3 rings (SSSR count). The zero-order valence-corrected chi connectivity index (χ0v) is 17.3. The van der Waals surface area contributed by atoms with E-state index in [1.165, 1.54) is 6.08 Å². The van der Waals surface area contributed by atoms with E-state index < -0.39 is 0 Å². The summed E-state index contributed by atoms with van der Waals surface area (Å²) in [6.07, 6.45) is 6.74. The molecule has 0 saturated heterocycles. The van der Waals surface area contributed by atoms with Crippen molar-refractivity contribution < 1.29 is 14.3 Å². The number of benzene rings is 1. The van der Waals surface area contributed by atoms with E-state index in [1.807, 2.05) is 50.0 Å². The summed E-state index contributed by atoms with van der Waals surface area (Å²) in [6.45, 7) is 4.36. The van der Waals surface area contributed by atoms with Crippen molar-refractivity contribution in [3.8, 4) is 11.5 Å². The SMILES string of the molecule is COc1ccc(Cn2nc(C)c(NC(=O)/C=C/c3cnn(C)c3)c2C)cc1OC. The highest BCUT2D eigenvalue weighted by atomic mass is 16.5. The molecule has 0 bridgehead atoms. The summed E-state index contributed by atoms with van der Waals surface area (Å²) in [7, 11) is 5.05. The van der Waals surface area contributed by atoms with Crippen molar-refractivity contribution in [2.75, 3.05) is 19.5 Å². The van der Waals surface area contributed by atoms with E-state index in [0.717, 1.165) is 22.5 Å². The number of nitrogens with zero attached hydrogens (tertiary/aromatic N) is 4. The molecule has 1 aromatic carbocycles. The number of carbonyl (C=O) groups is 1. The number of methoxy groups -OCH3 is 2. The third kappa shape index (κ3) is 4.66. The summed E-state index contributed by atoms with van der Waals surface area (Å²) in [4.78, 5) is 12.3. The average molecular weight is 395 g/mol. The van der Waals surface area contributed by atoms with Gasteiger partial charge in [0.1, 0.15) is 0 Å². The Morgan fingerprint density at radius 2 is 1.97 bits per heavy atom. The van der Waals surface area contributed by atoms with Gasteiger partial charge in [0.2, 0.25) is 5.91 Å². The third-order valence-corrected chi connectivity index (χ3v) is 4.56. The summed E-state index contributed by atoms with van der Waals surface area (Å²) in [5, 5.41) is 11.6. The number of carbonyl (C=O) groups excluding carboxylic acids is 1. The lowest BCUT2D eigenvalue weighted by molar-refractivity contribution is -0.111. The molecule has 0 radical (unpaired) electrons. The molecule has 0 aliphatic carbocycles. The van der Waals surface area contributed by atoms with E-state index in [-0.39, 0.29) is 5.91 Å². The van der Waals surface area contributed by atoms with Gasteiger partial charge in [0.25, 0.3) is 0 Å². The zero-order valence-electron chi connectivity index (χ0n) is 17.3. The van der Waals surface area contributed by atoms with E-state index in [9.17, 15) is 4.79 Å². The number of aromatic nitrogens is 4. The third-order valence-electron chi connectivity index (χ3n) is 4.56. The summed E-state index contributed by atoms with van der Waals surface area (Å²) in [5.41, 5.74) is 4.22. The van der Waals surface area contributed by atoms with Crippen LogP contribution in [-0.4, -0.2) is 39.7 Å². The van der Waals surface area contributed by atoms with E-state index in [4.69, 9.17) is 9.47 Å². The molecular formula is C21H25N5O3. The van der Waals surface area contributed by atoms with Crippen LogP contribution >= 0.6 is 0 Å². The summed E-state index contributed by atoms with van der Waals surface area (Å²) in [6, 6.07) is 5.75. The Kier molecular flexibility index (Phi) is 6.01. The van der Waals surface area contributed by atoms with Crippen molar-refractivity contribution in [1.29, 1.82) is 0 Å². The lowest BCUT2D eigenvalue weighted by Crippen LogP contribution is -2.10. The number of nitrogens with one attached hydrogen (secondary N) is 1. The number of ether oxygens (including phenoxy) is 2. The van der Waals surface area contributed by atoms with E-state index in [0.29, 0.717) is 23.7 Å². The molecule has 29 heavy (non-hydrogen) atoms. The maximum Gasteiger partial charge on any atom is 0.248 e. The Morgan fingerprint density at radius 3 is 2.62 bits per heavy atom. The first-order valence-corrected chi connectivity index (χ1v) is 9.14. The maximum atomic E-state index is 12.3. The number of hydrogen-bond donors (Lipinski definition) is 1. The Balaban J connectivity index is 1.74. The highest BCUT2D eigenvalue weighted by molar-refractivity contribution is 6.02. The van der Waals surface area contributed by atoms with Gasteiger partial charge in [-0.1, -0.05) is 6.07 Å². The van der Waals surface area contributed by atoms with Crippen LogP contribution in [0.4, 0.5) is 5.69 Å². The Hall–Kier alpha value is -3.55. The van der Waals surface area contributed by atoms with Crippen molar-refractivity contribution in [3.63, 3.8) is 0 Å². The van der Waals surface area contributed by atoms with Gasteiger partial charge in [-0.2, -0.15) is 10.2 Å². The number of amides is 1. The molecule has 152 valence electrons. The van der Waals surface area contributed by atoms with Gasteiger partial charge in [-0.15, -0.1) is 0 Å². The molecule has 0 spiro atoms. The van der Waals surface area contributed by atoms with Crippen LogP contribution in [0, 0.1) is 13.8 Å². The predicted molar refractivity (Wildman–Crippen MR) is 111 cm³/mol. The minimum Gasteiger partial charge on any atom is -0.493 e. The van der Waals surface area contributed by atoms with Gasteiger partial charge < -0.3 is 14.8 Å². The van der Waals surface area contributed by atoms with Crippen LogP contribution in [0.5, 0.6) is 11.5 Å². The lowest BCUT2D eigenvalue weighted by atomic mass is 10.2. The fourth-order valence-corrected chi connectivity index (χ4v) is 3.05. The van der Waals surface area contributed by atoms with E-state index >= 15 is 0 Å². The van der Waals surface area contributed by atoms with Gasteiger partial charge in [0.05, 0.1) is 44.0 Å². The van der Waals surface area contributed by atoms with Gasteiger partial charge in [-0.05, 0) is 37.6 Å². The van der Waals surface area contributed by atoms with Crippen LogP contribution in [0.1, 0.15) is 22.5 Å². The second-order valence-corrected chi connectivity index (χ2v) is 6.66. The molecule has 0 aliphatic rings. The first kappa shape index (κ1) is 20.2. The normalized spacial score (nSPS) is 11.1. The lowest BCUT2D eigenvalue weighted by Gasteiger charge is -2.10. The molecule has 2 aromatic heterocycles. The number of rotatable bonds is 7. The monoisotopic (exact) mass is 395 g/mol. The summed E-state index contributed by atoms with van der Waals surface area (Å²) in [5.74, 6) is 1.13. The molecule has 8 heteroatoms. The number of hydrogen-bond acceptors (Lipinski definition) is 5. The van der Waals surface area contributed by atoms with Crippen molar-refractivity contribution in [1.82, 2.24) is 19.6 Å². The quantitative estimate of drug-likeness (QED) is 0.622. The molecule has 0 saturated carbocycles. The van der Waals surface area contributed by atoms with Gasteiger partial charge >= 0.3 is 0 Å². The van der Waals surface area contributed by atoms with Crippen molar-refractivity contribution in [3.05, 3.63) is 59.2 Å². The first-order chi connectivity index (χ1) is 13.9. The summed E-state index contributed by atoms with van der Waals surface area (Å²) < 4.78 is 14.2. The van der Waals surface area contributed by atoms with Crippen LogP contribution < -0.4 is 14.8 Å². The molecule has 1 N–H and O–H groups in total. The van der Waals surface area contributed by atoms with Crippen LogP contribution in [0.3, 0.4) is 0 Å². The van der Waals surface area contributed by atoms with Crippen molar-refractivity contribution >= 4 is 17.7 Å². The van der Waals surface area contributed by atoms with Gasteiger partial charge in [-0.25, -0.2) is 0 Å². The molecule has 3 aromatic rings. The Morgan fingerprint density at radius 1 is 1.21 bits per heavy atom. The average Bonchev–Trinajstić information content (AvgIpc) is 3.24. The van der Waals surface area contributed by atoms with Crippen LogP contribution in [0.2, 0.25) is 0 Å². The van der Waals surface area contributed by atoms with Crippen LogP contribution in [0.15, 0.2) is 36.7 Å². The second kappa shape index (κ2) is 8.64. The smallest absolute Gasteiger partial charge is 0.248 e. The minimum absolute atomic E-state index is 0.217. The first-order valence-electron chi connectivity index (χ1n) is 9.14. The van der Waals surface area contributed by atoms with Gasteiger partial charge in [0, 0.05) is 24.9 Å². The second-order valence-electron chi connectivity index (χ2n) is 6.66. The Labute approximate surface area is 169 Å². The fourth-order valence-electron chi connectivity index (χ4n) is 3.05. The molecule has 0 aliphatic heterocycles. The molecule has 0 atom stereocenters. The van der Waals surface area contributed by atoms with E-state index in [1.54, 1.807) is 31.2 Å². The summed E-state index contributed by atoms with van der Waals surface area (Å²) >= 11 is 0. The predicted octanol–water partition coefficient (Wildman–Crippen LogP) is 2.95.